The van der Waals surface area contributed by atoms with E-state index in [9.17, 15) is 4.79 Å². The number of carboxylic acids is 1. The molecule has 0 aromatic heterocycles. The lowest BCUT2D eigenvalue weighted by atomic mass is 10.1. The minimum atomic E-state index is -0.808. The molecule has 134 valence electrons. The summed E-state index contributed by atoms with van der Waals surface area (Å²) in [6, 6.07) is 11.6. The third-order valence-electron chi connectivity index (χ3n) is 3.44. The van der Waals surface area contributed by atoms with Crippen LogP contribution in [0.4, 0.5) is 0 Å². The van der Waals surface area contributed by atoms with Gasteiger partial charge in [-0.25, -0.2) is 0 Å². The van der Waals surface area contributed by atoms with E-state index in [1.165, 1.54) is 0 Å². The second kappa shape index (κ2) is 9.82. The normalized spacial score (nSPS) is 10.5. The van der Waals surface area contributed by atoms with Gasteiger partial charge in [0.1, 0.15) is 18.1 Å². The number of benzene rings is 2. The van der Waals surface area contributed by atoms with E-state index < -0.39 is 5.97 Å². The number of aliphatic carboxylic acids is 1. The molecule has 2 aromatic rings. The molecule has 0 atom stereocenters. The predicted octanol–water partition coefficient (Wildman–Crippen LogP) is 5.60. The maximum absolute atomic E-state index is 10.7. The summed E-state index contributed by atoms with van der Waals surface area (Å²) in [5.41, 5.74) is 1.95. The molecular formula is C19H20Br2O4. The average molecular weight is 472 g/mol. The second-order valence-corrected chi connectivity index (χ2v) is 7.28. The van der Waals surface area contributed by atoms with E-state index in [-0.39, 0.29) is 6.42 Å². The standard InChI is InChI=1S/C19H20Br2O4/c1-2-8-24-15-5-3-4-14(9-15)12-25-19-16(20)10-13(11-17(19)21)6-7-18(22)23/h3-5,9-11H,2,6-8,12H2,1H3,(H,22,23). The third-order valence-corrected chi connectivity index (χ3v) is 4.62. The van der Waals surface area contributed by atoms with Crippen LogP contribution in [0.3, 0.4) is 0 Å². The Labute approximate surface area is 164 Å². The molecule has 6 heteroatoms. The fourth-order valence-corrected chi connectivity index (χ4v) is 3.76. The quantitative estimate of drug-likeness (QED) is 0.517. The van der Waals surface area contributed by atoms with Crippen LogP contribution in [-0.2, 0) is 17.8 Å². The first-order valence-corrected chi connectivity index (χ1v) is 9.62. The zero-order valence-corrected chi connectivity index (χ0v) is 17.1. The zero-order valence-electron chi connectivity index (χ0n) is 13.9. The number of ether oxygens (including phenoxy) is 2. The van der Waals surface area contributed by atoms with Crippen LogP contribution < -0.4 is 9.47 Å². The first-order valence-electron chi connectivity index (χ1n) is 8.04. The number of halogens is 2. The first kappa shape index (κ1) is 19.8. The van der Waals surface area contributed by atoms with E-state index in [0.717, 1.165) is 32.2 Å². The van der Waals surface area contributed by atoms with Gasteiger partial charge in [0, 0.05) is 6.42 Å². The van der Waals surface area contributed by atoms with Crippen molar-refractivity contribution in [3.8, 4) is 11.5 Å². The fourth-order valence-electron chi connectivity index (χ4n) is 2.25. The van der Waals surface area contributed by atoms with Crippen LogP contribution in [0.25, 0.3) is 0 Å². The highest BCUT2D eigenvalue weighted by Crippen LogP contribution is 2.35. The summed E-state index contributed by atoms with van der Waals surface area (Å²) in [7, 11) is 0. The highest BCUT2D eigenvalue weighted by molar-refractivity contribution is 9.11. The van der Waals surface area contributed by atoms with Crippen molar-refractivity contribution < 1.29 is 19.4 Å². The van der Waals surface area contributed by atoms with Gasteiger partial charge < -0.3 is 14.6 Å². The van der Waals surface area contributed by atoms with E-state index in [1.807, 2.05) is 36.4 Å². The van der Waals surface area contributed by atoms with Crippen molar-refractivity contribution >= 4 is 37.8 Å². The number of carboxylic acid groups (broad SMARTS) is 1. The molecule has 0 unspecified atom stereocenters. The molecule has 0 bridgehead atoms. The van der Waals surface area contributed by atoms with E-state index in [2.05, 4.69) is 38.8 Å². The van der Waals surface area contributed by atoms with Gasteiger partial charge in [-0.2, -0.15) is 0 Å². The lowest BCUT2D eigenvalue weighted by Gasteiger charge is -2.13. The van der Waals surface area contributed by atoms with Gasteiger partial charge in [0.25, 0.3) is 0 Å². The van der Waals surface area contributed by atoms with E-state index in [1.54, 1.807) is 0 Å². The molecule has 0 aliphatic heterocycles. The Morgan fingerprint density at radius 1 is 1.08 bits per heavy atom. The molecule has 0 saturated heterocycles. The van der Waals surface area contributed by atoms with Gasteiger partial charge in [-0.3, -0.25) is 4.79 Å². The maximum atomic E-state index is 10.7. The topological polar surface area (TPSA) is 55.8 Å². The van der Waals surface area contributed by atoms with Gasteiger partial charge in [-0.1, -0.05) is 19.1 Å². The lowest BCUT2D eigenvalue weighted by Crippen LogP contribution is -2.01. The number of aryl methyl sites for hydroxylation is 1. The van der Waals surface area contributed by atoms with Gasteiger partial charge >= 0.3 is 5.97 Å². The summed E-state index contributed by atoms with van der Waals surface area (Å²) in [6.45, 7) is 3.18. The molecule has 0 amide bonds. The highest BCUT2D eigenvalue weighted by Gasteiger charge is 2.11. The summed E-state index contributed by atoms with van der Waals surface area (Å²) in [4.78, 5) is 10.7. The molecule has 0 heterocycles. The molecule has 0 saturated carbocycles. The Balaban J connectivity index is 2.04. The molecule has 2 rings (SSSR count). The minimum Gasteiger partial charge on any atom is -0.494 e. The monoisotopic (exact) mass is 470 g/mol. The Morgan fingerprint density at radius 2 is 1.80 bits per heavy atom. The second-order valence-electron chi connectivity index (χ2n) is 5.57. The molecule has 0 spiro atoms. The molecule has 0 radical (unpaired) electrons. The van der Waals surface area contributed by atoms with Gasteiger partial charge in [0.05, 0.1) is 15.6 Å². The largest absolute Gasteiger partial charge is 0.494 e. The molecule has 0 aliphatic carbocycles. The molecule has 25 heavy (non-hydrogen) atoms. The van der Waals surface area contributed by atoms with Crippen LogP contribution >= 0.6 is 31.9 Å². The first-order chi connectivity index (χ1) is 12.0. The molecule has 0 fully saturated rings. The SMILES string of the molecule is CCCOc1cccc(COc2c(Br)cc(CCC(=O)O)cc2Br)c1. The average Bonchev–Trinajstić information content (AvgIpc) is 2.58. The molecule has 0 aliphatic rings. The Bertz CT molecular complexity index is 708. The molecule has 1 N–H and O–H groups in total. The predicted molar refractivity (Wildman–Crippen MR) is 104 cm³/mol. The third kappa shape index (κ3) is 6.36. The lowest BCUT2D eigenvalue weighted by molar-refractivity contribution is -0.136. The number of hydrogen-bond donors (Lipinski definition) is 1. The van der Waals surface area contributed by atoms with Crippen molar-refractivity contribution in [1.29, 1.82) is 0 Å². The van der Waals surface area contributed by atoms with E-state index in [4.69, 9.17) is 14.6 Å². The number of hydrogen-bond acceptors (Lipinski definition) is 3. The summed E-state index contributed by atoms with van der Waals surface area (Å²) in [5.74, 6) is 0.724. The van der Waals surface area contributed by atoms with Gasteiger partial charge in [-0.15, -0.1) is 0 Å². The van der Waals surface area contributed by atoms with E-state index >= 15 is 0 Å². The van der Waals surface area contributed by atoms with Crippen molar-refractivity contribution in [2.45, 2.75) is 32.8 Å². The zero-order chi connectivity index (χ0) is 18.2. The Hall–Kier alpha value is -1.53. The van der Waals surface area contributed by atoms with Crippen molar-refractivity contribution in [1.82, 2.24) is 0 Å². The number of rotatable bonds is 9. The fraction of sp³-hybridized carbons (Fsp3) is 0.316. The van der Waals surface area contributed by atoms with Crippen LogP contribution in [0.15, 0.2) is 45.3 Å². The van der Waals surface area contributed by atoms with Crippen LogP contribution in [-0.4, -0.2) is 17.7 Å². The van der Waals surface area contributed by atoms with Gasteiger partial charge in [-0.05, 0) is 80.1 Å². The van der Waals surface area contributed by atoms with Crippen LogP contribution in [0.5, 0.6) is 11.5 Å². The molecule has 2 aromatic carbocycles. The Kier molecular flexibility index (Phi) is 7.78. The highest BCUT2D eigenvalue weighted by atomic mass is 79.9. The van der Waals surface area contributed by atoms with Crippen LogP contribution in [0, 0.1) is 0 Å². The van der Waals surface area contributed by atoms with Crippen molar-refractivity contribution in [2.24, 2.45) is 0 Å². The van der Waals surface area contributed by atoms with Crippen molar-refractivity contribution in [3.05, 3.63) is 56.5 Å². The van der Waals surface area contributed by atoms with E-state index in [0.29, 0.717) is 25.4 Å². The summed E-state index contributed by atoms with van der Waals surface area (Å²) in [5, 5.41) is 8.80. The summed E-state index contributed by atoms with van der Waals surface area (Å²) < 4.78 is 13.1. The van der Waals surface area contributed by atoms with Crippen LogP contribution in [0.1, 0.15) is 30.9 Å². The molecule has 4 nitrogen and oxygen atoms in total. The number of carbonyl (C=O) groups is 1. The van der Waals surface area contributed by atoms with Gasteiger partial charge in [0.15, 0.2) is 0 Å². The smallest absolute Gasteiger partial charge is 0.303 e. The van der Waals surface area contributed by atoms with Gasteiger partial charge in [0.2, 0.25) is 0 Å². The van der Waals surface area contributed by atoms with Crippen molar-refractivity contribution in [2.75, 3.05) is 6.61 Å². The Morgan fingerprint density at radius 3 is 2.44 bits per heavy atom. The van der Waals surface area contributed by atoms with Crippen molar-refractivity contribution in [3.63, 3.8) is 0 Å². The summed E-state index contributed by atoms with van der Waals surface area (Å²) >= 11 is 7.00. The summed E-state index contributed by atoms with van der Waals surface area (Å²) in [6.07, 6.45) is 1.54. The van der Waals surface area contributed by atoms with Crippen LogP contribution in [0.2, 0.25) is 0 Å². The molecular weight excluding hydrogens is 452 g/mol. The minimum absolute atomic E-state index is 0.101. The maximum Gasteiger partial charge on any atom is 0.303 e.